The zero-order valence-corrected chi connectivity index (χ0v) is 16.8. The number of rotatable bonds is 5. The van der Waals surface area contributed by atoms with Gasteiger partial charge in [-0.15, -0.1) is 0 Å². The average Bonchev–Trinajstić information content (AvgIpc) is 2.93. The second-order valence-electron chi connectivity index (χ2n) is 8.02. The number of carbonyl (C=O) groups is 2. The molecule has 4 rings (SSSR count). The van der Waals surface area contributed by atoms with Gasteiger partial charge in [-0.1, -0.05) is 42.5 Å². The maximum Gasteiger partial charge on any atom is 0.325 e. The van der Waals surface area contributed by atoms with Gasteiger partial charge in [-0.25, -0.2) is 4.79 Å². The van der Waals surface area contributed by atoms with Gasteiger partial charge in [0.15, 0.2) is 0 Å². The third kappa shape index (κ3) is 3.66. The number of carbonyl (C=O) groups excluding carboxylic acids is 2. The van der Waals surface area contributed by atoms with Crippen LogP contribution in [0.5, 0.6) is 0 Å². The summed E-state index contributed by atoms with van der Waals surface area (Å²) in [6.45, 7) is 3.71. The fraction of sp³-hybridized carbons (Fsp3) is 0.364. The van der Waals surface area contributed by atoms with Crippen LogP contribution in [0, 0.1) is 17.0 Å². The van der Waals surface area contributed by atoms with Crippen LogP contribution in [0.2, 0.25) is 0 Å². The highest BCUT2D eigenvalue weighted by atomic mass is 16.6. The van der Waals surface area contributed by atoms with Gasteiger partial charge in [-0.3, -0.25) is 24.7 Å². The monoisotopic (exact) mass is 408 g/mol. The minimum absolute atomic E-state index is 0.0130. The average molecular weight is 408 g/mol. The van der Waals surface area contributed by atoms with Gasteiger partial charge in [0.05, 0.1) is 11.5 Å². The first-order valence-electron chi connectivity index (χ1n) is 10.0. The summed E-state index contributed by atoms with van der Waals surface area (Å²) in [7, 11) is 0. The smallest absolute Gasteiger partial charge is 0.322 e. The topological polar surface area (TPSA) is 95.8 Å². The highest BCUT2D eigenvalue weighted by Gasteiger charge is 2.52. The van der Waals surface area contributed by atoms with Crippen LogP contribution in [0.1, 0.15) is 29.5 Å². The summed E-state index contributed by atoms with van der Waals surface area (Å²) in [5, 5.41) is 14.1. The van der Waals surface area contributed by atoms with Crippen LogP contribution in [-0.4, -0.2) is 45.3 Å². The fourth-order valence-corrected chi connectivity index (χ4v) is 4.43. The number of nitro groups is 1. The van der Waals surface area contributed by atoms with Crippen LogP contribution in [0.25, 0.3) is 0 Å². The van der Waals surface area contributed by atoms with Crippen LogP contribution >= 0.6 is 0 Å². The van der Waals surface area contributed by atoms with E-state index in [4.69, 9.17) is 0 Å². The van der Waals surface area contributed by atoms with Crippen molar-refractivity contribution in [1.82, 2.24) is 15.1 Å². The van der Waals surface area contributed by atoms with Crippen LogP contribution in [0.4, 0.5) is 10.5 Å². The van der Waals surface area contributed by atoms with Gasteiger partial charge >= 0.3 is 6.03 Å². The second-order valence-corrected chi connectivity index (χ2v) is 8.02. The molecule has 1 N–H and O–H groups in total. The number of nitro benzene ring substituents is 1. The molecule has 0 aromatic heterocycles. The lowest BCUT2D eigenvalue weighted by Crippen LogP contribution is -2.58. The zero-order valence-electron chi connectivity index (χ0n) is 16.8. The van der Waals surface area contributed by atoms with Crippen LogP contribution in [0.3, 0.4) is 0 Å². The van der Waals surface area contributed by atoms with E-state index in [9.17, 15) is 19.7 Å². The summed E-state index contributed by atoms with van der Waals surface area (Å²) >= 11 is 0. The molecule has 8 heteroatoms. The van der Waals surface area contributed by atoms with Crippen molar-refractivity contribution in [1.29, 1.82) is 0 Å². The largest absolute Gasteiger partial charge is 0.325 e. The van der Waals surface area contributed by atoms with Gasteiger partial charge in [-0.05, 0) is 37.4 Å². The molecule has 1 atom stereocenters. The lowest BCUT2D eigenvalue weighted by Gasteiger charge is -2.38. The Bertz CT molecular complexity index is 994. The fourth-order valence-electron chi connectivity index (χ4n) is 4.43. The first kappa shape index (κ1) is 20.0. The molecule has 0 radical (unpaired) electrons. The van der Waals surface area contributed by atoms with E-state index in [1.54, 1.807) is 19.1 Å². The number of nitrogens with zero attached hydrogens (tertiary/aromatic N) is 3. The Balaban J connectivity index is 1.52. The minimum atomic E-state index is -0.932. The van der Waals surface area contributed by atoms with Crippen molar-refractivity contribution in [3.05, 3.63) is 75.3 Å². The Labute approximate surface area is 174 Å². The van der Waals surface area contributed by atoms with Crippen molar-refractivity contribution >= 4 is 17.6 Å². The first-order chi connectivity index (χ1) is 14.4. The lowest BCUT2D eigenvalue weighted by atomic mass is 9.88. The van der Waals surface area contributed by atoms with Gasteiger partial charge in [0.2, 0.25) is 0 Å². The van der Waals surface area contributed by atoms with Crippen molar-refractivity contribution in [2.45, 2.75) is 38.4 Å². The molecule has 30 heavy (non-hydrogen) atoms. The highest BCUT2D eigenvalue weighted by molar-refractivity contribution is 6.07. The normalized spacial score (nSPS) is 21.8. The molecule has 2 heterocycles. The van der Waals surface area contributed by atoms with E-state index in [2.05, 4.69) is 10.2 Å². The van der Waals surface area contributed by atoms with Gasteiger partial charge in [0.25, 0.3) is 11.6 Å². The number of benzene rings is 2. The molecular formula is C22H24N4O4. The number of urea groups is 1. The lowest BCUT2D eigenvalue weighted by molar-refractivity contribution is -0.385. The molecule has 2 aromatic rings. The molecule has 2 fully saturated rings. The summed E-state index contributed by atoms with van der Waals surface area (Å²) in [5.41, 5.74) is 1.29. The van der Waals surface area contributed by atoms with E-state index in [-0.39, 0.29) is 18.1 Å². The number of likely N-dealkylation sites (tertiary alicyclic amines) is 1. The predicted molar refractivity (Wildman–Crippen MR) is 111 cm³/mol. The molecule has 1 unspecified atom stereocenters. The van der Waals surface area contributed by atoms with Gasteiger partial charge in [-0.2, -0.15) is 0 Å². The van der Waals surface area contributed by atoms with E-state index >= 15 is 0 Å². The Morgan fingerprint density at radius 1 is 1.10 bits per heavy atom. The molecule has 2 saturated heterocycles. The molecule has 8 nitrogen and oxygen atoms in total. The molecule has 3 amide bonds. The summed E-state index contributed by atoms with van der Waals surface area (Å²) in [4.78, 5) is 40.2. The van der Waals surface area contributed by atoms with Crippen molar-refractivity contribution in [2.24, 2.45) is 0 Å². The predicted octanol–water partition coefficient (Wildman–Crippen LogP) is 2.99. The molecule has 2 aliphatic heterocycles. The third-order valence-electron chi connectivity index (χ3n) is 6.01. The van der Waals surface area contributed by atoms with Crippen molar-refractivity contribution in [3.8, 4) is 0 Å². The third-order valence-corrected chi connectivity index (χ3v) is 6.01. The van der Waals surface area contributed by atoms with E-state index in [0.29, 0.717) is 24.1 Å². The Kier molecular flexibility index (Phi) is 5.26. The summed E-state index contributed by atoms with van der Waals surface area (Å²) in [6, 6.07) is 14.3. The number of piperidine rings is 1. The van der Waals surface area contributed by atoms with E-state index in [1.807, 2.05) is 30.3 Å². The van der Waals surface area contributed by atoms with Gasteiger partial charge < -0.3 is 5.32 Å². The summed E-state index contributed by atoms with van der Waals surface area (Å²) in [5.74, 6) is -0.254. The number of hydrogen-bond acceptors (Lipinski definition) is 5. The molecule has 0 aliphatic carbocycles. The molecule has 2 aliphatic rings. The quantitative estimate of drug-likeness (QED) is 0.466. The Morgan fingerprint density at radius 2 is 1.87 bits per heavy atom. The van der Waals surface area contributed by atoms with E-state index < -0.39 is 16.5 Å². The van der Waals surface area contributed by atoms with Crippen molar-refractivity contribution in [2.75, 3.05) is 13.1 Å². The zero-order chi connectivity index (χ0) is 21.3. The Hall–Kier alpha value is -3.26. The number of hydrogen-bond donors (Lipinski definition) is 1. The maximum atomic E-state index is 13.3. The SMILES string of the molecule is Cc1c(CN2C(=O)NC3(CCCN(Cc4ccccc4)C3)C2=O)cccc1[N+](=O)[O-]. The molecule has 1 spiro atoms. The van der Waals surface area contributed by atoms with Crippen LogP contribution in [0.15, 0.2) is 48.5 Å². The standard InChI is InChI=1S/C22H24N4O4/c1-16-18(9-5-10-19(16)26(29)30)14-25-20(27)22(23-21(25)28)11-6-12-24(15-22)13-17-7-3-2-4-8-17/h2-5,7-10H,6,11-15H2,1H3,(H,23,28). The molecule has 2 aromatic carbocycles. The second kappa shape index (κ2) is 7.87. The highest BCUT2D eigenvalue weighted by Crippen LogP contribution is 2.31. The van der Waals surface area contributed by atoms with Gasteiger partial charge in [0, 0.05) is 24.7 Å². The first-order valence-corrected chi connectivity index (χ1v) is 10.0. The van der Waals surface area contributed by atoms with E-state index in [0.717, 1.165) is 25.1 Å². The number of imide groups is 1. The van der Waals surface area contributed by atoms with Crippen LogP contribution in [-0.2, 0) is 17.9 Å². The van der Waals surface area contributed by atoms with E-state index in [1.165, 1.54) is 11.0 Å². The minimum Gasteiger partial charge on any atom is -0.322 e. The van der Waals surface area contributed by atoms with Gasteiger partial charge in [0.1, 0.15) is 5.54 Å². The number of amides is 3. The molecule has 0 saturated carbocycles. The maximum absolute atomic E-state index is 13.3. The van der Waals surface area contributed by atoms with Crippen molar-refractivity contribution < 1.29 is 14.5 Å². The molecular weight excluding hydrogens is 384 g/mol. The number of nitrogens with one attached hydrogen (secondary N) is 1. The molecule has 0 bridgehead atoms. The van der Waals surface area contributed by atoms with Crippen LogP contribution < -0.4 is 5.32 Å². The summed E-state index contributed by atoms with van der Waals surface area (Å²) in [6.07, 6.45) is 1.40. The summed E-state index contributed by atoms with van der Waals surface area (Å²) < 4.78 is 0. The Morgan fingerprint density at radius 3 is 2.60 bits per heavy atom. The molecule has 156 valence electrons. The van der Waals surface area contributed by atoms with Crippen molar-refractivity contribution in [3.63, 3.8) is 0 Å².